The maximum Gasteiger partial charge on any atom is 0.262 e. The van der Waals surface area contributed by atoms with Gasteiger partial charge in [-0.25, -0.2) is 0 Å². The lowest BCUT2D eigenvalue weighted by atomic mass is 10.4. The average Bonchev–Trinajstić information content (AvgIpc) is 2.47. The second-order valence-corrected chi connectivity index (χ2v) is 3.91. The molecule has 74 valence electrons. The van der Waals surface area contributed by atoms with Crippen molar-refractivity contribution in [3.8, 4) is 0 Å². The van der Waals surface area contributed by atoms with E-state index in [-0.39, 0.29) is 18.3 Å². The first-order valence-electron chi connectivity index (χ1n) is 3.47. The topological polar surface area (TPSA) is 55.1 Å². The quantitative estimate of drug-likeness (QED) is 0.887. The van der Waals surface area contributed by atoms with Crippen LogP contribution >= 0.6 is 39.7 Å². The molecule has 1 rings (SSSR count). The predicted octanol–water partition coefficient (Wildman–Crippen LogP) is 1.62. The Morgan fingerprint density at radius 2 is 2.38 bits per heavy atom. The Kier molecular flexibility index (Phi) is 6.32. The molecular weight excluding hydrogens is 276 g/mol. The van der Waals surface area contributed by atoms with Gasteiger partial charge in [-0.15, -0.1) is 23.7 Å². The molecule has 0 unspecified atom stereocenters. The Morgan fingerprint density at radius 1 is 1.69 bits per heavy atom. The largest absolute Gasteiger partial charge is 0.350 e. The third kappa shape index (κ3) is 3.64. The molecular formula is C7H10BrClN2OS. The molecule has 0 saturated carbocycles. The van der Waals surface area contributed by atoms with Crippen LogP contribution in [0.3, 0.4) is 0 Å². The molecule has 6 heteroatoms. The third-order valence-electron chi connectivity index (χ3n) is 1.25. The average molecular weight is 286 g/mol. The molecule has 3 nitrogen and oxygen atoms in total. The van der Waals surface area contributed by atoms with E-state index in [0.29, 0.717) is 18.0 Å². The van der Waals surface area contributed by atoms with E-state index in [1.54, 1.807) is 0 Å². The van der Waals surface area contributed by atoms with Gasteiger partial charge in [0.15, 0.2) is 0 Å². The van der Waals surface area contributed by atoms with Crippen LogP contribution < -0.4 is 11.1 Å². The Morgan fingerprint density at radius 3 is 2.85 bits per heavy atom. The maximum absolute atomic E-state index is 11.3. The third-order valence-corrected chi connectivity index (χ3v) is 3.09. The van der Waals surface area contributed by atoms with Crippen LogP contribution in [0.5, 0.6) is 0 Å². The number of carbonyl (C=O) groups excluding carboxylic acids is 1. The van der Waals surface area contributed by atoms with Crippen molar-refractivity contribution in [1.29, 1.82) is 0 Å². The summed E-state index contributed by atoms with van der Waals surface area (Å²) in [5.74, 6) is -0.0673. The monoisotopic (exact) mass is 284 g/mol. The minimum absolute atomic E-state index is 0. The van der Waals surface area contributed by atoms with E-state index in [1.165, 1.54) is 11.3 Å². The van der Waals surface area contributed by atoms with Crippen LogP contribution in [-0.4, -0.2) is 19.0 Å². The zero-order valence-corrected chi connectivity index (χ0v) is 9.97. The molecule has 0 spiro atoms. The van der Waals surface area contributed by atoms with Crippen molar-refractivity contribution in [2.45, 2.75) is 0 Å². The summed E-state index contributed by atoms with van der Waals surface area (Å²) in [6, 6.07) is 1.85. The summed E-state index contributed by atoms with van der Waals surface area (Å²) >= 11 is 4.69. The van der Waals surface area contributed by atoms with E-state index in [4.69, 9.17) is 5.73 Å². The normalized spacial score (nSPS) is 9.08. The summed E-state index contributed by atoms with van der Waals surface area (Å²) in [5.41, 5.74) is 5.25. The molecule has 0 saturated heterocycles. The van der Waals surface area contributed by atoms with Gasteiger partial charge in [-0.2, -0.15) is 0 Å². The van der Waals surface area contributed by atoms with Gasteiger partial charge in [0.05, 0.1) is 0 Å². The molecule has 0 aliphatic carbocycles. The van der Waals surface area contributed by atoms with E-state index in [0.717, 1.165) is 4.47 Å². The summed E-state index contributed by atoms with van der Waals surface area (Å²) in [7, 11) is 0. The molecule has 0 aromatic carbocycles. The number of nitrogens with two attached hydrogens (primary N) is 1. The summed E-state index contributed by atoms with van der Waals surface area (Å²) in [4.78, 5) is 12.0. The van der Waals surface area contributed by atoms with E-state index in [9.17, 15) is 4.79 Å². The Bertz CT molecular complexity index is 279. The smallest absolute Gasteiger partial charge is 0.262 e. The zero-order chi connectivity index (χ0) is 8.97. The lowest BCUT2D eigenvalue weighted by Crippen LogP contribution is -2.28. The SMILES string of the molecule is Cl.NCCNC(=O)c1sccc1Br. The van der Waals surface area contributed by atoms with Crippen molar-refractivity contribution < 1.29 is 4.79 Å². The van der Waals surface area contributed by atoms with Gasteiger partial charge in [0.25, 0.3) is 5.91 Å². The highest BCUT2D eigenvalue weighted by molar-refractivity contribution is 9.10. The van der Waals surface area contributed by atoms with Gasteiger partial charge in [-0.1, -0.05) is 0 Å². The van der Waals surface area contributed by atoms with Gasteiger partial charge >= 0.3 is 0 Å². The van der Waals surface area contributed by atoms with Crippen molar-refractivity contribution in [3.63, 3.8) is 0 Å². The number of thiophene rings is 1. The van der Waals surface area contributed by atoms with Crippen LogP contribution in [-0.2, 0) is 0 Å². The second-order valence-electron chi connectivity index (χ2n) is 2.14. The molecule has 0 radical (unpaired) electrons. The molecule has 3 N–H and O–H groups in total. The number of halogens is 2. The summed E-state index contributed by atoms with van der Waals surface area (Å²) in [5, 5.41) is 4.55. The van der Waals surface area contributed by atoms with Crippen molar-refractivity contribution in [2.24, 2.45) is 5.73 Å². The van der Waals surface area contributed by atoms with Gasteiger partial charge in [-0.3, -0.25) is 4.79 Å². The van der Waals surface area contributed by atoms with E-state index >= 15 is 0 Å². The maximum atomic E-state index is 11.3. The fourth-order valence-corrected chi connectivity index (χ4v) is 2.19. The first-order chi connectivity index (χ1) is 5.75. The molecule has 13 heavy (non-hydrogen) atoms. The fourth-order valence-electron chi connectivity index (χ4n) is 0.722. The molecule has 1 aromatic rings. The van der Waals surface area contributed by atoms with Crippen LogP contribution in [0.4, 0.5) is 0 Å². The number of amides is 1. The summed E-state index contributed by atoms with van der Waals surface area (Å²) in [6.07, 6.45) is 0. The summed E-state index contributed by atoms with van der Waals surface area (Å²) < 4.78 is 0.835. The predicted molar refractivity (Wildman–Crippen MR) is 60.7 cm³/mol. The van der Waals surface area contributed by atoms with Gasteiger partial charge in [0, 0.05) is 17.6 Å². The highest BCUT2D eigenvalue weighted by atomic mass is 79.9. The minimum atomic E-state index is -0.0673. The van der Waals surface area contributed by atoms with Gasteiger partial charge in [0.1, 0.15) is 4.88 Å². The van der Waals surface area contributed by atoms with Gasteiger partial charge in [-0.05, 0) is 27.4 Å². The molecule has 1 amide bonds. The second kappa shape index (κ2) is 6.37. The Balaban J connectivity index is 0.00000144. The Hall–Kier alpha value is -0.100. The van der Waals surface area contributed by atoms with Gasteiger partial charge < -0.3 is 11.1 Å². The highest BCUT2D eigenvalue weighted by Gasteiger charge is 2.09. The number of nitrogens with one attached hydrogen (secondary N) is 1. The fraction of sp³-hybridized carbons (Fsp3) is 0.286. The first-order valence-corrected chi connectivity index (χ1v) is 5.14. The Labute approximate surface area is 95.2 Å². The molecule has 0 aliphatic heterocycles. The molecule has 0 atom stereocenters. The van der Waals surface area contributed by atoms with E-state index in [1.807, 2.05) is 11.4 Å². The van der Waals surface area contributed by atoms with Crippen molar-refractivity contribution in [1.82, 2.24) is 5.32 Å². The molecule has 1 heterocycles. The van der Waals surface area contributed by atoms with Crippen LogP contribution in [0.1, 0.15) is 9.67 Å². The van der Waals surface area contributed by atoms with Crippen molar-refractivity contribution in [3.05, 3.63) is 20.8 Å². The molecule has 0 aliphatic rings. The molecule has 1 aromatic heterocycles. The van der Waals surface area contributed by atoms with Crippen LogP contribution in [0, 0.1) is 0 Å². The van der Waals surface area contributed by atoms with E-state index in [2.05, 4.69) is 21.2 Å². The van der Waals surface area contributed by atoms with Crippen LogP contribution in [0.2, 0.25) is 0 Å². The van der Waals surface area contributed by atoms with Crippen molar-refractivity contribution in [2.75, 3.05) is 13.1 Å². The zero-order valence-electron chi connectivity index (χ0n) is 6.75. The highest BCUT2D eigenvalue weighted by Crippen LogP contribution is 2.21. The van der Waals surface area contributed by atoms with Crippen molar-refractivity contribution >= 4 is 45.6 Å². The number of rotatable bonds is 3. The van der Waals surface area contributed by atoms with Crippen LogP contribution in [0.25, 0.3) is 0 Å². The number of hydrogen-bond acceptors (Lipinski definition) is 3. The number of hydrogen-bond donors (Lipinski definition) is 2. The standard InChI is InChI=1S/C7H9BrN2OS.ClH/c8-5-1-4-12-6(5)7(11)10-3-2-9;/h1,4H,2-3,9H2,(H,10,11);1H. The van der Waals surface area contributed by atoms with Gasteiger partial charge in [0.2, 0.25) is 0 Å². The van der Waals surface area contributed by atoms with E-state index < -0.39 is 0 Å². The molecule has 0 bridgehead atoms. The lowest BCUT2D eigenvalue weighted by Gasteiger charge is -2.00. The first kappa shape index (κ1) is 12.9. The van der Waals surface area contributed by atoms with Crippen LogP contribution in [0.15, 0.2) is 15.9 Å². The minimum Gasteiger partial charge on any atom is -0.350 e. The molecule has 0 fully saturated rings. The summed E-state index contributed by atoms with van der Waals surface area (Å²) in [6.45, 7) is 0.984. The number of carbonyl (C=O) groups is 1. The lowest BCUT2D eigenvalue weighted by molar-refractivity contribution is 0.0958.